The smallest absolute Gasteiger partial charge is 0.309 e. The number of benzene rings is 1. The molecular formula is C17H20N2O4S. The van der Waals surface area contributed by atoms with Crippen molar-refractivity contribution in [3.8, 4) is 22.1 Å². The van der Waals surface area contributed by atoms with Gasteiger partial charge < -0.3 is 19.9 Å². The Morgan fingerprint density at radius 2 is 2.17 bits per heavy atom. The Morgan fingerprint density at radius 1 is 1.38 bits per heavy atom. The molecule has 7 heteroatoms. The highest BCUT2D eigenvalue weighted by Gasteiger charge is 2.26. The molecule has 0 aliphatic carbocycles. The lowest BCUT2D eigenvalue weighted by atomic mass is 9.90. The third kappa shape index (κ3) is 3.68. The molecule has 1 aromatic heterocycles. The van der Waals surface area contributed by atoms with Crippen molar-refractivity contribution in [1.29, 1.82) is 0 Å². The number of thiazole rings is 1. The number of hydrogen-bond acceptors (Lipinski definition) is 6. The van der Waals surface area contributed by atoms with E-state index in [2.05, 4.69) is 10.3 Å². The lowest BCUT2D eigenvalue weighted by Crippen LogP contribution is -2.28. The first-order valence-corrected chi connectivity index (χ1v) is 8.62. The lowest BCUT2D eigenvalue weighted by Gasteiger charge is -2.18. The molecular weight excluding hydrogens is 328 g/mol. The average molecular weight is 348 g/mol. The summed E-state index contributed by atoms with van der Waals surface area (Å²) in [5, 5.41) is 15.3. The number of aliphatic carboxylic acids is 1. The summed E-state index contributed by atoms with van der Waals surface area (Å²) in [6, 6.07) is 5.80. The molecule has 3 rings (SSSR count). The van der Waals surface area contributed by atoms with Gasteiger partial charge in [-0.05, 0) is 45.0 Å². The number of hydrogen-bond donors (Lipinski definition) is 2. The van der Waals surface area contributed by atoms with Gasteiger partial charge in [-0.25, -0.2) is 4.98 Å². The van der Waals surface area contributed by atoms with Crippen LogP contribution in [0.25, 0.3) is 10.6 Å². The van der Waals surface area contributed by atoms with Crippen molar-refractivity contribution in [2.75, 3.05) is 13.3 Å². The second-order valence-electron chi connectivity index (χ2n) is 6.33. The first kappa shape index (κ1) is 16.7. The molecule has 24 heavy (non-hydrogen) atoms. The van der Waals surface area contributed by atoms with E-state index in [1.807, 2.05) is 23.6 Å². The number of carbonyl (C=O) groups is 1. The number of nitrogens with one attached hydrogen (secondary N) is 1. The van der Waals surface area contributed by atoms with Gasteiger partial charge in [0.25, 0.3) is 0 Å². The van der Waals surface area contributed by atoms with E-state index in [-0.39, 0.29) is 6.79 Å². The van der Waals surface area contributed by atoms with E-state index < -0.39 is 11.4 Å². The summed E-state index contributed by atoms with van der Waals surface area (Å²) < 4.78 is 10.7. The van der Waals surface area contributed by atoms with E-state index in [4.69, 9.17) is 14.6 Å². The summed E-state index contributed by atoms with van der Waals surface area (Å²) in [6.45, 7) is 4.99. The fourth-order valence-electron chi connectivity index (χ4n) is 2.27. The Bertz CT molecular complexity index is 742. The minimum Gasteiger partial charge on any atom is -0.481 e. The van der Waals surface area contributed by atoms with Gasteiger partial charge in [0.2, 0.25) is 6.79 Å². The highest BCUT2D eigenvalue weighted by atomic mass is 32.1. The molecule has 1 aromatic carbocycles. The van der Waals surface area contributed by atoms with Gasteiger partial charge in [-0.2, -0.15) is 0 Å². The summed E-state index contributed by atoms with van der Waals surface area (Å²) in [7, 11) is 0. The van der Waals surface area contributed by atoms with Crippen LogP contribution in [0.3, 0.4) is 0 Å². The van der Waals surface area contributed by atoms with Gasteiger partial charge >= 0.3 is 5.97 Å². The summed E-state index contributed by atoms with van der Waals surface area (Å²) in [4.78, 5) is 15.7. The van der Waals surface area contributed by atoms with Gasteiger partial charge in [-0.1, -0.05) is 0 Å². The van der Waals surface area contributed by atoms with Crippen LogP contribution >= 0.6 is 11.3 Å². The Labute approximate surface area is 144 Å². The second-order valence-corrected chi connectivity index (χ2v) is 7.19. The molecule has 2 aromatic rings. The topological polar surface area (TPSA) is 80.7 Å². The van der Waals surface area contributed by atoms with Gasteiger partial charge in [-0.3, -0.25) is 4.79 Å². The van der Waals surface area contributed by atoms with Crippen molar-refractivity contribution in [3.63, 3.8) is 0 Å². The second kappa shape index (κ2) is 6.78. The predicted octanol–water partition coefficient (Wildman–Crippen LogP) is 3.13. The number of fused-ring (bicyclic) bond motifs is 1. The zero-order chi connectivity index (χ0) is 17.2. The summed E-state index contributed by atoms with van der Waals surface area (Å²) in [5.41, 5.74) is 1.23. The molecule has 0 amide bonds. The van der Waals surface area contributed by atoms with Crippen LogP contribution in [0, 0.1) is 5.41 Å². The molecule has 6 nitrogen and oxygen atoms in total. The molecule has 1 aliphatic heterocycles. The highest BCUT2D eigenvalue weighted by molar-refractivity contribution is 7.13. The normalized spacial score (nSPS) is 13.2. The highest BCUT2D eigenvalue weighted by Crippen LogP contribution is 2.36. The summed E-state index contributed by atoms with van der Waals surface area (Å²) >= 11 is 1.57. The van der Waals surface area contributed by atoms with Crippen LogP contribution in [0.2, 0.25) is 0 Å². The number of aromatic nitrogens is 1. The van der Waals surface area contributed by atoms with Gasteiger partial charge in [0.1, 0.15) is 5.01 Å². The Kier molecular flexibility index (Phi) is 4.73. The van der Waals surface area contributed by atoms with E-state index in [9.17, 15) is 4.79 Å². The average Bonchev–Trinajstić information content (AvgIpc) is 3.19. The molecule has 128 valence electrons. The van der Waals surface area contributed by atoms with Crippen LogP contribution in [0.5, 0.6) is 11.5 Å². The molecule has 0 spiro atoms. The van der Waals surface area contributed by atoms with E-state index >= 15 is 0 Å². The summed E-state index contributed by atoms with van der Waals surface area (Å²) in [6.07, 6.45) is 0.571. The number of rotatable bonds is 7. The fourth-order valence-corrected chi connectivity index (χ4v) is 3.09. The standard InChI is InChI=1S/C17H20N2O4S/c1-17(2,16(20)21)5-6-18-8-12-9-24-15(19-12)11-3-4-13-14(7-11)23-10-22-13/h3-4,7,9,18H,5-6,8,10H2,1-2H3,(H,20,21). The fraction of sp³-hybridized carbons (Fsp3) is 0.412. The van der Waals surface area contributed by atoms with Crippen LogP contribution < -0.4 is 14.8 Å². The Morgan fingerprint density at radius 3 is 2.96 bits per heavy atom. The van der Waals surface area contributed by atoms with Crippen molar-refractivity contribution < 1.29 is 19.4 Å². The van der Waals surface area contributed by atoms with E-state index in [0.29, 0.717) is 19.5 Å². The molecule has 0 unspecified atom stereocenters. The first-order valence-electron chi connectivity index (χ1n) is 7.74. The Balaban J connectivity index is 1.55. The maximum atomic E-state index is 11.1. The number of carboxylic acids is 1. The van der Waals surface area contributed by atoms with Gasteiger partial charge in [0, 0.05) is 17.5 Å². The van der Waals surface area contributed by atoms with Crippen LogP contribution in [0.15, 0.2) is 23.6 Å². The van der Waals surface area contributed by atoms with Crippen LogP contribution in [0.4, 0.5) is 0 Å². The molecule has 0 atom stereocenters. The van der Waals surface area contributed by atoms with E-state index in [0.717, 1.165) is 27.8 Å². The number of nitrogens with zero attached hydrogens (tertiary/aromatic N) is 1. The first-order chi connectivity index (χ1) is 11.5. The quantitative estimate of drug-likeness (QED) is 0.748. The maximum absolute atomic E-state index is 11.1. The minimum atomic E-state index is -0.775. The van der Waals surface area contributed by atoms with Crippen LogP contribution in [0.1, 0.15) is 26.0 Å². The minimum absolute atomic E-state index is 0.262. The number of carboxylic acid groups (broad SMARTS) is 1. The molecule has 0 radical (unpaired) electrons. The molecule has 0 saturated carbocycles. The monoisotopic (exact) mass is 348 g/mol. The van der Waals surface area contributed by atoms with Gasteiger partial charge in [0.05, 0.1) is 11.1 Å². The number of ether oxygens (including phenoxy) is 2. The summed E-state index contributed by atoms with van der Waals surface area (Å²) in [5.74, 6) is 0.736. The lowest BCUT2D eigenvalue weighted by molar-refractivity contribution is -0.147. The van der Waals surface area contributed by atoms with Gasteiger partial charge in [-0.15, -0.1) is 11.3 Å². The van der Waals surface area contributed by atoms with Crippen LogP contribution in [-0.2, 0) is 11.3 Å². The molecule has 1 aliphatic rings. The zero-order valence-corrected chi connectivity index (χ0v) is 14.5. The van der Waals surface area contributed by atoms with Crippen molar-refractivity contribution in [1.82, 2.24) is 10.3 Å². The third-order valence-electron chi connectivity index (χ3n) is 3.98. The molecule has 2 N–H and O–H groups in total. The van der Waals surface area contributed by atoms with Crippen molar-refractivity contribution >= 4 is 17.3 Å². The largest absolute Gasteiger partial charge is 0.481 e. The predicted molar refractivity (Wildman–Crippen MR) is 91.4 cm³/mol. The third-order valence-corrected chi connectivity index (χ3v) is 4.92. The van der Waals surface area contributed by atoms with Gasteiger partial charge in [0.15, 0.2) is 11.5 Å². The Hall–Kier alpha value is -2.12. The maximum Gasteiger partial charge on any atom is 0.309 e. The van der Waals surface area contributed by atoms with E-state index in [1.54, 1.807) is 25.2 Å². The molecule has 0 bridgehead atoms. The van der Waals surface area contributed by atoms with Crippen LogP contribution in [-0.4, -0.2) is 29.4 Å². The SMILES string of the molecule is CC(C)(CCNCc1csc(-c2ccc3c(c2)OCO3)n1)C(=O)O. The van der Waals surface area contributed by atoms with Crippen molar-refractivity contribution in [3.05, 3.63) is 29.3 Å². The van der Waals surface area contributed by atoms with Crippen molar-refractivity contribution in [2.45, 2.75) is 26.8 Å². The molecule has 0 fully saturated rings. The van der Waals surface area contributed by atoms with Crippen molar-refractivity contribution in [2.24, 2.45) is 5.41 Å². The zero-order valence-electron chi connectivity index (χ0n) is 13.7. The molecule has 0 saturated heterocycles. The molecule has 2 heterocycles. The van der Waals surface area contributed by atoms with E-state index in [1.165, 1.54) is 0 Å².